The lowest BCUT2D eigenvalue weighted by molar-refractivity contribution is -0.132. The number of nitrogens with one attached hydrogen (secondary N) is 1. The van der Waals surface area contributed by atoms with E-state index in [0.29, 0.717) is 25.8 Å². The highest BCUT2D eigenvalue weighted by Gasteiger charge is 2.18. The van der Waals surface area contributed by atoms with Crippen molar-refractivity contribution in [3.05, 3.63) is 0 Å². The Hall–Kier alpha value is -0.560. The van der Waals surface area contributed by atoms with Crippen molar-refractivity contribution >= 4 is 36.6 Å². The molecule has 2 amide bonds. The second-order valence-corrected chi connectivity index (χ2v) is 5.30. The van der Waals surface area contributed by atoms with E-state index in [1.54, 1.807) is 0 Å². The van der Waals surface area contributed by atoms with Gasteiger partial charge in [0.2, 0.25) is 11.8 Å². The molecule has 0 bridgehead atoms. The maximum absolute atomic E-state index is 11.9. The molecular weight excluding hydrogens is 315 g/mol. The lowest BCUT2D eigenvalue weighted by atomic mass is 10.2. The van der Waals surface area contributed by atoms with E-state index in [1.807, 2.05) is 11.8 Å². The van der Waals surface area contributed by atoms with Crippen LogP contribution in [-0.4, -0.2) is 67.4 Å². The zero-order valence-corrected chi connectivity index (χ0v) is 14.5. The van der Waals surface area contributed by atoms with Crippen LogP contribution < -0.4 is 11.1 Å². The van der Waals surface area contributed by atoms with E-state index in [2.05, 4.69) is 17.3 Å². The number of hydrogen-bond donors (Lipinski definition) is 2. The smallest absolute Gasteiger partial charge is 0.224 e. The first-order valence-electron chi connectivity index (χ1n) is 6.97. The van der Waals surface area contributed by atoms with Crippen LogP contribution in [0.3, 0.4) is 0 Å². The molecule has 1 atom stereocenters. The Kier molecular flexibility index (Phi) is 13.0. The fraction of sp³-hybridized carbons (Fsp3) is 0.846. The van der Waals surface area contributed by atoms with Crippen molar-refractivity contribution in [2.75, 3.05) is 39.8 Å². The Balaban J connectivity index is 0. The van der Waals surface area contributed by atoms with E-state index in [0.717, 1.165) is 26.2 Å². The molecule has 3 N–H and O–H groups in total. The van der Waals surface area contributed by atoms with Gasteiger partial charge >= 0.3 is 0 Å². The molecule has 1 unspecified atom stereocenters. The molecule has 1 fully saturated rings. The largest absolute Gasteiger partial charge is 0.356 e. The molecular formula is C13H28Cl2N4O2. The molecule has 1 aliphatic heterocycles. The minimum Gasteiger partial charge on any atom is -0.356 e. The van der Waals surface area contributed by atoms with Gasteiger partial charge in [0.25, 0.3) is 0 Å². The molecule has 6 nitrogen and oxygen atoms in total. The van der Waals surface area contributed by atoms with Crippen LogP contribution in [0, 0.1) is 0 Å². The SMILES string of the molecule is CC(N)CCC(=O)NCCC(=O)N1CCN(C)CC1.Cl.Cl. The molecule has 0 aromatic rings. The van der Waals surface area contributed by atoms with Crippen LogP contribution >= 0.6 is 24.8 Å². The van der Waals surface area contributed by atoms with Gasteiger partial charge in [0.15, 0.2) is 0 Å². The van der Waals surface area contributed by atoms with Gasteiger partial charge in [0, 0.05) is 51.6 Å². The van der Waals surface area contributed by atoms with Crippen LogP contribution in [-0.2, 0) is 9.59 Å². The second-order valence-electron chi connectivity index (χ2n) is 5.30. The van der Waals surface area contributed by atoms with Crippen molar-refractivity contribution < 1.29 is 9.59 Å². The van der Waals surface area contributed by atoms with Gasteiger partial charge < -0.3 is 20.9 Å². The predicted octanol–water partition coefficient (Wildman–Crippen LogP) is 0.238. The Labute approximate surface area is 139 Å². The van der Waals surface area contributed by atoms with Gasteiger partial charge in [-0.3, -0.25) is 9.59 Å². The van der Waals surface area contributed by atoms with Crippen LogP contribution in [0.2, 0.25) is 0 Å². The maximum atomic E-state index is 11.9. The highest BCUT2D eigenvalue weighted by Crippen LogP contribution is 2.01. The van der Waals surface area contributed by atoms with Gasteiger partial charge in [-0.05, 0) is 20.4 Å². The first-order valence-corrected chi connectivity index (χ1v) is 6.97. The van der Waals surface area contributed by atoms with E-state index in [-0.39, 0.29) is 42.7 Å². The van der Waals surface area contributed by atoms with Gasteiger partial charge in [-0.1, -0.05) is 0 Å². The van der Waals surface area contributed by atoms with Crippen molar-refractivity contribution in [1.82, 2.24) is 15.1 Å². The third-order valence-corrected chi connectivity index (χ3v) is 3.34. The number of hydrogen-bond acceptors (Lipinski definition) is 4. The molecule has 0 radical (unpaired) electrons. The van der Waals surface area contributed by atoms with Crippen LogP contribution in [0.4, 0.5) is 0 Å². The standard InChI is InChI=1S/C13H26N4O2.2ClH/c1-11(14)3-4-12(18)15-6-5-13(19)17-9-7-16(2)8-10-17;;/h11H,3-10,14H2,1-2H3,(H,15,18);2*1H. The Morgan fingerprint density at radius 2 is 1.71 bits per heavy atom. The van der Waals surface area contributed by atoms with Crippen molar-refractivity contribution in [2.45, 2.75) is 32.2 Å². The van der Waals surface area contributed by atoms with Crippen LogP contribution in [0.25, 0.3) is 0 Å². The Morgan fingerprint density at radius 3 is 2.24 bits per heavy atom. The molecule has 1 saturated heterocycles. The molecule has 0 aromatic carbocycles. The van der Waals surface area contributed by atoms with Gasteiger partial charge in [0.1, 0.15) is 0 Å². The molecule has 1 aliphatic rings. The van der Waals surface area contributed by atoms with Crippen molar-refractivity contribution in [1.29, 1.82) is 0 Å². The molecule has 0 saturated carbocycles. The number of nitrogens with two attached hydrogens (primary N) is 1. The highest BCUT2D eigenvalue weighted by atomic mass is 35.5. The summed E-state index contributed by atoms with van der Waals surface area (Å²) in [5.74, 6) is 0.101. The van der Waals surface area contributed by atoms with Crippen molar-refractivity contribution in [3.8, 4) is 0 Å². The minimum atomic E-state index is -0.0246. The quantitative estimate of drug-likeness (QED) is 0.724. The third kappa shape index (κ3) is 9.90. The summed E-state index contributed by atoms with van der Waals surface area (Å²) in [5, 5.41) is 2.76. The average molecular weight is 343 g/mol. The number of halogens is 2. The molecule has 0 aliphatic carbocycles. The highest BCUT2D eigenvalue weighted by molar-refractivity contribution is 5.85. The number of nitrogens with zero attached hydrogens (tertiary/aromatic N) is 2. The third-order valence-electron chi connectivity index (χ3n) is 3.34. The molecule has 21 heavy (non-hydrogen) atoms. The second kappa shape index (κ2) is 12.0. The van der Waals surface area contributed by atoms with E-state index < -0.39 is 0 Å². The number of piperazine rings is 1. The number of carbonyl (C=O) groups excluding carboxylic acids is 2. The Bertz CT molecular complexity index is 309. The van der Waals surface area contributed by atoms with E-state index in [4.69, 9.17) is 5.73 Å². The summed E-state index contributed by atoms with van der Waals surface area (Å²) in [4.78, 5) is 27.4. The number of carbonyl (C=O) groups is 2. The summed E-state index contributed by atoms with van der Waals surface area (Å²) in [6.45, 7) is 5.72. The van der Waals surface area contributed by atoms with Crippen molar-refractivity contribution in [3.63, 3.8) is 0 Å². The molecule has 1 heterocycles. The minimum absolute atomic E-state index is 0. The summed E-state index contributed by atoms with van der Waals surface area (Å²) >= 11 is 0. The zero-order chi connectivity index (χ0) is 14.3. The van der Waals surface area contributed by atoms with Gasteiger partial charge in [-0.2, -0.15) is 0 Å². The van der Waals surface area contributed by atoms with Gasteiger partial charge in [-0.25, -0.2) is 0 Å². The topological polar surface area (TPSA) is 78.7 Å². The summed E-state index contributed by atoms with van der Waals surface area (Å²) in [6.07, 6.45) is 1.49. The lowest BCUT2D eigenvalue weighted by Gasteiger charge is -2.32. The summed E-state index contributed by atoms with van der Waals surface area (Å²) in [7, 11) is 2.06. The monoisotopic (exact) mass is 342 g/mol. The normalized spacial score (nSPS) is 16.4. The molecule has 1 rings (SSSR count). The predicted molar refractivity (Wildman–Crippen MR) is 89.1 cm³/mol. The van der Waals surface area contributed by atoms with Crippen LogP contribution in [0.1, 0.15) is 26.2 Å². The first kappa shape index (κ1) is 22.7. The van der Waals surface area contributed by atoms with Crippen molar-refractivity contribution in [2.24, 2.45) is 5.73 Å². The first-order chi connectivity index (χ1) is 8.99. The number of likely N-dealkylation sites (N-methyl/N-ethyl adjacent to an activating group) is 1. The number of amides is 2. The Morgan fingerprint density at radius 1 is 1.14 bits per heavy atom. The molecule has 0 aromatic heterocycles. The molecule has 126 valence electrons. The molecule has 8 heteroatoms. The lowest BCUT2D eigenvalue weighted by Crippen LogP contribution is -2.47. The van der Waals surface area contributed by atoms with Gasteiger partial charge in [-0.15, -0.1) is 24.8 Å². The fourth-order valence-electron chi connectivity index (χ4n) is 1.97. The summed E-state index contributed by atoms with van der Waals surface area (Å²) < 4.78 is 0. The summed E-state index contributed by atoms with van der Waals surface area (Å²) in [5.41, 5.74) is 5.58. The number of rotatable bonds is 6. The average Bonchev–Trinajstić information content (AvgIpc) is 2.37. The zero-order valence-electron chi connectivity index (χ0n) is 12.8. The van der Waals surface area contributed by atoms with Crippen LogP contribution in [0.15, 0.2) is 0 Å². The fourth-order valence-corrected chi connectivity index (χ4v) is 1.97. The molecule has 0 spiro atoms. The van der Waals surface area contributed by atoms with Gasteiger partial charge in [0.05, 0.1) is 0 Å². The maximum Gasteiger partial charge on any atom is 0.224 e. The van der Waals surface area contributed by atoms with Crippen LogP contribution in [0.5, 0.6) is 0 Å². The summed E-state index contributed by atoms with van der Waals surface area (Å²) in [6, 6.07) is 0.0396. The van der Waals surface area contributed by atoms with E-state index in [1.165, 1.54) is 0 Å². The van der Waals surface area contributed by atoms with E-state index in [9.17, 15) is 9.59 Å². The van der Waals surface area contributed by atoms with E-state index >= 15 is 0 Å².